The van der Waals surface area contributed by atoms with Crippen molar-refractivity contribution in [2.75, 3.05) is 0 Å². The van der Waals surface area contributed by atoms with Gasteiger partial charge in [-0.05, 0) is 43.5 Å². The van der Waals surface area contributed by atoms with Crippen molar-refractivity contribution < 1.29 is 4.39 Å². The Kier molecular flexibility index (Phi) is 2.44. The lowest BCUT2D eigenvalue weighted by Gasteiger charge is -2.06. The molecule has 0 saturated heterocycles. The average molecular weight is 232 g/mol. The Morgan fingerprint density at radius 1 is 1.41 bits per heavy atom. The standard InChI is InChI=1S/C14H17FN2/c1-9-12-6-3-10(15)7-13(12)17(2)14(9)8-16-11-4-5-11/h3,6-7,11,16H,4-5,8H2,1-2H3. The van der Waals surface area contributed by atoms with Gasteiger partial charge in [0.1, 0.15) is 5.82 Å². The fraction of sp³-hybridized carbons (Fsp3) is 0.429. The predicted octanol–water partition coefficient (Wildman–Crippen LogP) is 2.88. The summed E-state index contributed by atoms with van der Waals surface area (Å²) >= 11 is 0. The average Bonchev–Trinajstić information content (AvgIpc) is 3.09. The summed E-state index contributed by atoms with van der Waals surface area (Å²) in [5.41, 5.74) is 3.50. The molecule has 0 unspecified atom stereocenters. The van der Waals surface area contributed by atoms with Gasteiger partial charge < -0.3 is 9.88 Å². The first-order chi connectivity index (χ1) is 8.16. The first kappa shape index (κ1) is 10.8. The van der Waals surface area contributed by atoms with Crippen molar-refractivity contribution in [1.82, 2.24) is 9.88 Å². The Morgan fingerprint density at radius 2 is 2.18 bits per heavy atom. The fourth-order valence-electron chi connectivity index (χ4n) is 2.43. The SMILES string of the molecule is Cc1c(CNC2CC2)n(C)c2cc(F)ccc12. The van der Waals surface area contributed by atoms with E-state index in [9.17, 15) is 4.39 Å². The molecule has 1 aliphatic rings. The van der Waals surface area contributed by atoms with Crippen LogP contribution in [0.1, 0.15) is 24.1 Å². The predicted molar refractivity (Wildman–Crippen MR) is 67.5 cm³/mol. The minimum atomic E-state index is -0.167. The lowest BCUT2D eigenvalue weighted by atomic mass is 10.1. The fourth-order valence-corrected chi connectivity index (χ4v) is 2.43. The molecule has 0 aliphatic heterocycles. The van der Waals surface area contributed by atoms with E-state index < -0.39 is 0 Å². The van der Waals surface area contributed by atoms with Crippen LogP contribution in [0.15, 0.2) is 18.2 Å². The van der Waals surface area contributed by atoms with Gasteiger partial charge in [0, 0.05) is 30.7 Å². The number of hydrogen-bond acceptors (Lipinski definition) is 1. The number of nitrogens with one attached hydrogen (secondary N) is 1. The Labute approximate surface area is 100 Å². The number of nitrogens with zero attached hydrogens (tertiary/aromatic N) is 1. The zero-order chi connectivity index (χ0) is 12.0. The van der Waals surface area contributed by atoms with E-state index in [1.165, 1.54) is 30.2 Å². The molecule has 3 rings (SSSR count). The molecule has 17 heavy (non-hydrogen) atoms. The molecule has 0 bridgehead atoms. The topological polar surface area (TPSA) is 17.0 Å². The number of benzene rings is 1. The highest BCUT2D eigenvalue weighted by molar-refractivity contribution is 5.85. The number of aryl methyl sites for hydroxylation is 2. The van der Waals surface area contributed by atoms with Gasteiger partial charge in [0.15, 0.2) is 0 Å². The maximum absolute atomic E-state index is 13.3. The molecule has 1 fully saturated rings. The number of fused-ring (bicyclic) bond motifs is 1. The van der Waals surface area contributed by atoms with Crippen LogP contribution in [-0.2, 0) is 13.6 Å². The molecule has 1 heterocycles. The highest BCUT2D eigenvalue weighted by Crippen LogP contribution is 2.26. The Balaban J connectivity index is 2.03. The maximum atomic E-state index is 13.3. The molecule has 0 amide bonds. The van der Waals surface area contributed by atoms with E-state index in [-0.39, 0.29) is 5.82 Å². The lowest BCUT2D eigenvalue weighted by molar-refractivity contribution is 0.627. The third kappa shape index (κ3) is 1.84. The highest BCUT2D eigenvalue weighted by Gasteiger charge is 2.21. The van der Waals surface area contributed by atoms with Crippen molar-refractivity contribution in [3.8, 4) is 0 Å². The van der Waals surface area contributed by atoms with E-state index in [1.54, 1.807) is 6.07 Å². The Hall–Kier alpha value is -1.35. The van der Waals surface area contributed by atoms with Gasteiger partial charge in [-0.15, -0.1) is 0 Å². The summed E-state index contributed by atoms with van der Waals surface area (Å²) in [4.78, 5) is 0. The Morgan fingerprint density at radius 3 is 2.88 bits per heavy atom. The normalized spacial score (nSPS) is 15.7. The number of hydrogen-bond donors (Lipinski definition) is 1. The molecule has 2 aromatic rings. The van der Waals surface area contributed by atoms with E-state index in [0.29, 0.717) is 6.04 Å². The van der Waals surface area contributed by atoms with Gasteiger partial charge >= 0.3 is 0 Å². The van der Waals surface area contributed by atoms with E-state index in [0.717, 1.165) is 17.4 Å². The van der Waals surface area contributed by atoms with Crippen LogP contribution < -0.4 is 5.32 Å². The van der Waals surface area contributed by atoms with Crippen LogP contribution in [0.3, 0.4) is 0 Å². The molecule has 1 aliphatic carbocycles. The van der Waals surface area contributed by atoms with Gasteiger partial charge in [0.05, 0.1) is 5.52 Å². The summed E-state index contributed by atoms with van der Waals surface area (Å²) in [5.74, 6) is -0.167. The molecule has 90 valence electrons. The van der Waals surface area contributed by atoms with Gasteiger partial charge in [0.25, 0.3) is 0 Å². The summed E-state index contributed by atoms with van der Waals surface area (Å²) in [6.45, 7) is 2.99. The maximum Gasteiger partial charge on any atom is 0.125 e. The highest BCUT2D eigenvalue weighted by atomic mass is 19.1. The minimum Gasteiger partial charge on any atom is -0.346 e. The van der Waals surface area contributed by atoms with E-state index in [4.69, 9.17) is 0 Å². The smallest absolute Gasteiger partial charge is 0.125 e. The van der Waals surface area contributed by atoms with Crippen LogP contribution in [0.5, 0.6) is 0 Å². The van der Waals surface area contributed by atoms with Gasteiger partial charge in [-0.25, -0.2) is 4.39 Å². The lowest BCUT2D eigenvalue weighted by Crippen LogP contribution is -2.17. The Bertz CT molecular complexity index is 567. The molecule has 1 aromatic carbocycles. The van der Waals surface area contributed by atoms with Crippen LogP contribution in [0, 0.1) is 12.7 Å². The summed E-state index contributed by atoms with van der Waals surface area (Å²) in [6.07, 6.45) is 2.58. The van der Waals surface area contributed by atoms with Crippen molar-refractivity contribution in [2.24, 2.45) is 7.05 Å². The molecule has 0 radical (unpaired) electrons. The second kappa shape index (κ2) is 3.84. The molecule has 2 nitrogen and oxygen atoms in total. The molecule has 3 heteroatoms. The molecule has 1 N–H and O–H groups in total. The van der Waals surface area contributed by atoms with E-state index >= 15 is 0 Å². The molecular weight excluding hydrogens is 215 g/mol. The molecule has 0 spiro atoms. The number of aromatic nitrogens is 1. The quantitative estimate of drug-likeness (QED) is 0.861. The second-order valence-corrected chi connectivity index (χ2v) is 4.95. The van der Waals surface area contributed by atoms with Crippen molar-refractivity contribution in [2.45, 2.75) is 32.4 Å². The third-order valence-electron chi connectivity index (χ3n) is 3.70. The monoisotopic (exact) mass is 232 g/mol. The van der Waals surface area contributed by atoms with Crippen molar-refractivity contribution in [3.05, 3.63) is 35.3 Å². The third-order valence-corrected chi connectivity index (χ3v) is 3.70. The summed E-state index contributed by atoms with van der Waals surface area (Å²) in [7, 11) is 2.01. The van der Waals surface area contributed by atoms with E-state index in [1.807, 2.05) is 13.1 Å². The zero-order valence-corrected chi connectivity index (χ0v) is 10.3. The largest absolute Gasteiger partial charge is 0.346 e. The van der Waals surface area contributed by atoms with Crippen molar-refractivity contribution >= 4 is 10.9 Å². The van der Waals surface area contributed by atoms with Crippen LogP contribution in [0.4, 0.5) is 4.39 Å². The zero-order valence-electron chi connectivity index (χ0n) is 10.3. The van der Waals surface area contributed by atoms with Crippen LogP contribution >= 0.6 is 0 Å². The summed E-state index contributed by atoms with van der Waals surface area (Å²) in [5, 5.41) is 4.67. The van der Waals surface area contributed by atoms with Crippen LogP contribution in [-0.4, -0.2) is 10.6 Å². The molecular formula is C14H17FN2. The van der Waals surface area contributed by atoms with Crippen molar-refractivity contribution in [1.29, 1.82) is 0 Å². The van der Waals surface area contributed by atoms with Crippen LogP contribution in [0.25, 0.3) is 10.9 Å². The second-order valence-electron chi connectivity index (χ2n) is 4.95. The number of rotatable bonds is 3. The van der Waals surface area contributed by atoms with Gasteiger partial charge in [0.2, 0.25) is 0 Å². The number of halogens is 1. The van der Waals surface area contributed by atoms with Gasteiger partial charge in [-0.2, -0.15) is 0 Å². The first-order valence-corrected chi connectivity index (χ1v) is 6.13. The van der Waals surface area contributed by atoms with Gasteiger partial charge in [-0.3, -0.25) is 0 Å². The summed E-state index contributed by atoms with van der Waals surface area (Å²) in [6, 6.07) is 5.72. The molecule has 1 saturated carbocycles. The molecule has 0 atom stereocenters. The first-order valence-electron chi connectivity index (χ1n) is 6.13. The minimum absolute atomic E-state index is 0.167. The van der Waals surface area contributed by atoms with Crippen LogP contribution in [0.2, 0.25) is 0 Å². The summed E-state index contributed by atoms with van der Waals surface area (Å²) < 4.78 is 15.4. The van der Waals surface area contributed by atoms with Gasteiger partial charge in [-0.1, -0.05) is 0 Å². The van der Waals surface area contributed by atoms with Crippen molar-refractivity contribution in [3.63, 3.8) is 0 Å². The van der Waals surface area contributed by atoms with E-state index in [2.05, 4.69) is 16.8 Å². The molecule has 1 aromatic heterocycles.